The fourth-order valence-corrected chi connectivity index (χ4v) is 7.73. The van der Waals surface area contributed by atoms with E-state index in [0.29, 0.717) is 54.1 Å². The summed E-state index contributed by atoms with van der Waals surface area (Å²) in [6, 6.07) is 41.6. The number of hydrogen-bond acceptors (Lipinski definition) is 7. The fourth-order valence-electron chi connectivity index (χ4n) is 5.93. The van der Waals surface area contributed by atoms with Gasteiger partial charge in [0.2, 0.25) is 0 Å². The van der Waals surface area contributed by atoms with E-state index in [1.807, 2.05) is 115 Å². The van der Waals surface area contributed by atoms with Gasteiger partial charge in [0.15, 0.2) is 0 Å². The molecule has 0 aliphatic rings. The first-order chi connectivity index (χ1) is 29.5. The van der Waals surface area contributed by atoms with Crippen LogP contribution in [0.5, 0.6) is 12.0 Å². The molecule has 0 N–H and O–H groups in total. The van der Waals surface area contributed by atoms with Gasteiger partial charge in [-0.25, -0.2) is 9.97 Å². The second-order valence-electron chi connectivity index (χ2n) is 13.1. The van der Waals surface area contributed by atoms with Crippen molar-refractivity contribution in [2.24, 2.45) is 0 Å². The molecule has 0 spiro atoms. The monoisotopic (exact) mass is 960 g/mol. The molecule has 0 saturated heterocycles. The van der Waals surface area contributed by atoms with E-state index in [-0.39, 0.29) is 12.0 Å². The maximum Gasteiger partial charge on any atom is 0.317 e. The van der Waals surface area contributed by atoms with Crippen molar-refractivity contribution in [1.82, 2.24) is 19.9 Å². The summed E-state index contributed by atoms with van der Waals surface area (Å²) in [6.45, 7) is 0.651. The van der Waals surface area contributed by atoms with Crippen LogP contribution >= 0.6 is 93.0 Å². The van der Waals surface area contributed by atoms with E-state index in [4.69, 9.17) is 95.7 Å². The lowest BCUT2D eigenvalue weighted by atomic mass is 10.0. The summed E-state index contributed by atoms with van der Waals surface area (Å²) >= 11 is 44.7. The van der Waals surface area contributed by atoms with Crippen LogP contribution in [0.4, 0.5) is 0 Å². The third kappa shape index (κ3) is 11.9. The Morgan fingerprint density at radius 2 is 0.803 bits per heavy atom. The Labute approximate surface area is 392 Å². The number of aromatic nitrogens is 4. The molecule has 61 heavy (non-hydrogen) atoms. The smallest absolute Gasteiger partial charge is 0.317 e. The highest BCUT2D eigenvalue weighted by molar-refractivity contribution is 7.98. The van der Waals surface area contributed by atoms with Gasteiger partial charge < -0.3 is 9.47 Å². The molecule has 8 rings (SSSR count). The van der Waals surface area contributed by atoms with Crippen molar-refractivity contribution in [2.75, 3.05) is 6.26 Å². The van der Waals surface area contributed by atoms with Crippen LogP contribution < -0.4 is 9.47 Å². The summed E-state index contributed by atoms with van der Waals surface area (Å²) in [5, 5.41) is 4.35. The minimum atomic E-state index is 0.253. The zero-order valence-corrected chi connectivity index (χ0v) is 38.0. The lowest BCUT2D eigenvalue weighted by Gasteiger charge is -2.13. The molecule has 0 amide bonds. The first-order valence-electron chi connectivity index (χ1n) is 18.3. The number of benzene rings is 6. The van der Waals surface area contributed by atoms with Crippen LogP contribution in [0.2, 0.25) is 35.2 Å². The van der Waals surface area contributed by atoms with E-state index in [9.17, 15) is 0 Å². The predicted molar refractivity (Wildman–Crippen MR) is 254 cm³/mol. The van der Waals surface area contributed by atoms with Gasteiger partial charge in [-0.3, -0.25) is 0 Å². The van der Waals surface area contributed by atoms with Crippen LogP contribution in [0, 0.1) is 0 Å². The molecule has 0 aliphatic carbocycles. The summed E-state index contributed by atoms with van der Waals surface area (Å²) in [7, 11) is 0. The van der Waals surface area contributed by atoms with E-state index in [2.05, 4.69) is 15.0 Å². The van der Waals surface area contributed by atoms with Gasteiger partial charge >= 0.3 is 12.0 Å². The molecule has 0 radical (unpaired) electrons. The first kappa shape index (κ1) is 44.5. The Morgan fingerprint density at radius 3 is 1.20 bits per heavy atom. The lowest BCUT2D eigenvalue weighted by Crippen LogP contribution is -2.01. The highest BCUT2D eigenvalue weighted by atomic mass is 35.5. The zero-order valence-electron chi connectivity index (χ0n) is 31.9. The van der Waals surface area contributed by atoms with Gasteiger partial charge in [-0.1, -0.05) is 142 Å². The first-order valence-corrected chi connectivity index (χ1v) is 22.2. The summed E-state index contributed by atoms with van der Waals surface area (Å²) in [6.07, 6.45) is 5.46. The maximum atomic E-state index is 6.59. The largest absolute Gasteiger partial charge is 0.459 e. The van der Waals surface area contributed by atoms with Gasteiger partial charge in [-0.05, 0) is 90.2 Å². The fraction of sp³-hybridized carbons (Fsp3) is 0.0638. The van der Waals surface area contributed by atoms with Crippen LogP contribution in [-0.2, 0) is 13.2 Å². The molecule has 0 saturated carbocycles. The summed E-state index contributed by atoms with van der Waals surface area (Å²) in [4.78, 5) is 19.2. The average Bonchev–Trinajstić information content (AvgIpc) is 3.27. The van der Waals surface area contributed by atoms with Gasteiger partial charge in [0.05, 0.1) is 16.4 Å². The maximum absolute atomic E-state index is 6.59. The third-order valence-electron chi connectivity index (χ3n) is 9.02. The Morgan fingerprint density at radius 1 is 0.426 bits per heavy atom. The van der Waals surface area contributed by atoms with Crippen LogP contribution in [-0.4, -0.2) is 26.2 Å². The molecule has 306 valence electrons. The van der Waals surface area contributed by atoms with Crippen molar-refractivity contribution in [3.63, 3.8) is 0 Å². The summed E-state index contributed by atoms with van der Waals surface area (Å²) in [5.74, 6) is 0. The van der Waals surface area contributed by atoms with Crippen LogP contribution in [0.15, 0.2) is 151 Å². The standard InChI is InChI=1S/C24H17Cl3N2OS.C23H14Cl4N2O/c1-31-19-10-11-20(22(27)12-19)21-13-28-24(30-14-15-2-6-17(25)7-3-15)29-23(21)16-4-8-18(26)9-5-16;24-16-5-1-14(2-6-16)13-30-23-28-12-20(19-10-9-18(26)11-21(19)27)22(29-23)15-3-7-17(25)8-4-15/h2-13H,14H2,1H3;1-12H,13H2. The van der Waals surface area contributed by atoms with E-state index in [1.54, 1.807) is 48.4 Å². The molecule has 2 heterocycles. The van der Waals surface area contributed by atoms with E-state index >= 15 is 0 Å². The van der Waals surface area contributed by atoms with Crippen molar-refractivity contribution in [2.45, 2.75) is 18.1 Å². The van der Waals surface area contributed by atoms with E-state index in [0.717, 1.165) is 55.1 Å². The Hall–Kier alpha value is -4.54. The van der Waals surface area contributed by atoms with Gasteiger partial charge in [0.25, 0.3) is 0 Å². The summed E-state index contributed by atoms with van der Waals surface area (Å²) < 4.78 is 11.7. The SMILES string of the molecule is CSc1ccc(-c2cnc(OCc3ccc(Cl)cc3)nc2-c2ccc(Cl)cc2)c(Cl)c1.Clc1ccc(COc2ncc(-c3ccc(Cl)cc3Cl)c(-c3ccc(Cl)cc3)n2)cc1. The molecule has 6 nitrogen and oxygen atoms in total. The molecule has 0 bridgehead atoms. The minimum absolute atomic E-state index is 0.253. The highest BCUT2D eigenvalue weighted by Gasteiger charge is 2.17. The molecule has 0 fully saturated rings. The average molecular weight is 964 g/mol. The summed E-state index contributed by atoms with van der Waals surface area (Å²) in [5.41, 5.74) is 8.29. The number of halogens is 7. The highest BCUT2D eigenvalue weighted by Crippen LogP contribution is 2.39. The van der Waals surface area contributed by atoms with Crippen LogP contribution in [0.3, 0.4) is 0 Å². The van der Waals surface area contributed by atoms with Crippen molar-refractivity contribution in [3.05, 3.63) is 192 Å². The minimum Gasteiger partial charge on any atom is -0.459 e. The number of ether oxygens (including phenoxy) is 2. The predicted octanol–water partition coefficient (Wildman–Crippen LogP) is 16.1. The third-order valence-corrected chi connectivity index (χ3v) is 11.6. The van der Waals surface area contributed by atoms with Gasteiger partial charge in [-0.15, -0.1) is 11.8 Å². The van der Waals surface area contributed by atoms with Crippen molar-refractivity contribution in [3.8, 4) is 56.8 Å². The number of rotatable bonds is 11. The van der Waals surface area contributed by atoms with Gasteiger partial charge in [-0.2, -0.15) is 9.97 Å². The lowest BCUT2D eigenvalue weighted by molar-refractivity contribution is 0.281. The van der Waals surface area contributed by atoms with Crippen molar-refractivity contribution >= 4 is 93.0 Å². The van der Waals surface area contributed by atoms with Crippen LogP contribution in [0.1, 0.15) is 11.1 Å². The van der Waals surface area contributed by atoms with E-state index in [1.165, 1.54) is 0 Å². The molecule has 14 heteroatoms. The van der Waals surface area contributed by atoms with Gasteiger partial charge in [0, 0.05) is 80.8 Å². The number of thioether (sulfide) groups is 1. The second-order valence-corrected chi connectivity index (χ2v) is 17.0. The van der Waals surface area contributed by atoms with E-state index < -0.39 is 0 Å². The molecule has 8 aromatic rings. The molecule has 0 aliphatic heterocycles. The number of nitrogens with zero attached hydrogens (tertiary/aromatic N) is 4. The molecule has 6 aromatic carbocycles. The molecular weight excluding hydrogens is 933 g/mol. The Balaban J connectivity index is 0.000000184. The molecular formula is C47H31Cl7N4O2S. The quantitative estimate of drug-likeness (QED) is 0.120. The molecule has 0 atom stereocenters. The molecule has 0 unspecified atom stereocenters. The topological polar surface area (TPSA) is 70.0 Å². The number of hydrogen-bond donors (Lipinski definition) is 0. The van der Waals surface area contributed by atoms with Crippen molar-refractivity contribution < 1.29 is 9.47 Å². The normalized spacial score (nSPS) is 10.8. The second kappa shape index (κ2) is 21.0. The zero-order chi connectivity index (χ0) is 42.9. The van der Waals surface area contributed by atoms with Crippen molar-refractivity contribution in [1.29, 1.82) is 0 Å². The van der Waals surface area contributed by atoms with Gasteiger partial charge in [0.1, 0.15) is 13.2 Å². The Bertz CT molecular complexity index is 2760. The molecule has 2 aromatic heterocycles. The van der Waals surface area contributed by atoms with Crippen LogP contribution in [0.25, 0.3) is 44.8 Å². The Kier molecular flexibility index (Phi) is 15.3.